The van der Waals surface area contributed by atoms with Crippen LogP contribution >= 0.6 is 35.0 Å². The number of benzene rings is 1. The molecule has 0 fully saturated rings. The summed E-state index contributed by atoms with van der Waals surface area (Å²) >= 11 is 13.2. The lowest BCUT2D eigenvalue weighted by Crippen LogP contribution is -2.04. The number of rotatable bonds is 6. The number of carbonyl (C=O) groups is 1. The van der Waals surface area contributed by atoms with Crippen LogP contribution in [0.4, 0.5) is 0 Å². The summed E-state index contributed by atoms with van der Waals surface area (Å²) in [6, 6.07) is 4.86. The van der Waals surface area contributed by atoms with Crippen molar-refractivity contribution in [3.8, 4) is 0 Å². The molecule has 0 aromatic heterocycles. The molecule has 0 amide bonds. The number of aliphatic hydroxyl groups excluding tert-OH is 1. The summed E-state index contributed by atoms with van der Waals surface area (Å²) in [5, 5.41) is 9.53. The summed E-state index contributed by atoms with van der Waals surface area (Å²) in [5.74, 6) is 1.09. The average molecular weight is 279 g/mol. The molecule has 2 nitrogen and oxygen atoms in total. The number of Topliss-reactive ketones (excluding diaryl/α,β-unsaturated/α-hetero) is 1. The Morgan fingerprint density at radius 1 is 1.38 bits per heavy atom. The molecule has 0 saturated heterocycles. The van der Waals surface area contributed by atoms with E-state index >= 15 is 0 Å². The fraction of sp³-hybridized carbons (Fsp3) is 0.364. The van der Waals surface area contributed by atoms with Crippen LogP contribution in [0.3, 0.4) is 0 Å². The number of aliphatic hydroxyl groups is 1. The summed E-state index contributed by atoms with van der Waals surface area (Å²) in [5.41, 5.74) is 0.464. The minimum atomic E-state index is -0.0320. The van der Waals surface area contributed by atoms with Gasteiger partial charge < -0.3 is 5.11 Å². The molecule has 0 heterocycles. The number of hydrogen-bond donors (Lipinski definition) is 1. The van der Waals surface area contributed by atoms with E-state index < -0.39 is 0 Å². The predicted molar refractivity (Wildman–Crippen MR) is 69.8 cm³/mol. The second-order valence-corrected chi connectivity index (χ2v) is 5.13. The molecule has 88 valence electrons. The Bertz CT molecular complexity index is 369. The Morgan fingerprint density at radius 3 is 2.81 bits per heavy atom. The van der Waals surface area contributed by atoms with Crippen molar-refractivity contribution in [2.75, 3.05) is 18.1 Å². The van der Waals surface area contributed by atoms with Gasteiger partial charge in [0.2, 0.25) is 0 Å². The van der Waals surface area contributed by atoms with Crippen molar-refractivity contribution >= 4 is 40.7 Å². The Balaban J connectivity index is 2.55. The van der Waals surface area contributed by atoms with Crippen LogP contribution in [-0.2, 0) is 0 Å². The average Bonchev–Trinajstić information content (AvgIpc) is 2.27. The minimum Gasteiger partial charge on any atom is -0.396 e. The van der Waals surface area contributed by atoms with Gasteiger partial charge in [0.1, 0.15) is 0 Å². The highest BCUT2D eigenvalue weighted by molar-refractivity contribution is 7.99. The summed E-state index contributed by atoms with van der Waals surface area (Å²) < 4.78 is 0. The second-order valence-electron chi connectivity index (χ2n) is 3.18. The van der Waals surface area contributed by atoms with E-state index in [4.69, 9.17) is 28.3 Å². The van der Waals surface area contributed by atoms with E-state index in [1.54, 1.807) is 18.2 Å². The van der Waals surface area contributed by atoms with Crippen molar-refractivity contribution in [3.05, 3.63) is 33.8 Å². The Morgan fingerprint density at radius 2 is 2.12 bits per heavy atom. The molecular weight excluding hydrogens is 267 g/mol. The fourth-order valence-electron chi connectivity index (χ4n) is 1.12. The highest BCUT2D eigenvalue weighted by atomic mass is 35.5. The van der Waals surface area contributed by atoms with Gasteiger partial charge in [0, 0.05) is 17.2 Å². The maximum Gasteiger partial charge on any atom is 0.174 e. The first-order valence-electron chi connectivity index (χ1n) is 4.82. The molecular formula is C11H12Cl2O2S. The molecule has 0 spiro atoms. The van der Waals surface area contributed by atoms with Crippen molar-refractivity contribution in [1.82, 2.24) is 0 Å². The van der Waals surface area contributed by atoms with Gasteiger partial charge in [0.25, 0.3) is 0 Å². The van der Waals surface area contributed by atoms with Crippen LogP contribution in [-0.4, -0.2) is 29.0 Å². The lowest BCUT2D eigenvalue weighted by Gasteiger charge is -2.03. The van der Waals surface area contributed by atoms with Crippen LogP contribution in [0, 0.1) is 0 Å². The molecule has 0 bridgehead atoms. The van der Waals surface area contributed by atoms with Gasteiger partial charge in [-0.1, -0.05) is 23.2 Å². The number of thioether (sulfide) groups is 1. The zero-order chi connectivity index (χ0) is 12.0. The topological polar surface area (TPSA) is 37.3 Å². The third kappa shape index (κ3) is 4.34. The molecule has 0 unspecified atom stereocenters. The molecule has 0 radical (unpaired) electrons. The second kappa shape index (κ2) is 7.17. The summed E-state index contributed by atoms with van der Waals surface area (Å²) in [6.07, 6.45) is 0.696. The maximum atomic E-state index is 11.8. The lowest BCUT2D eigenvalue weighted by atomic mass is 10.1. The molecule has 0 atom stereocenters. The molecule has 0 aliphatic carbocycles. The number of ketones is 1. The molecule has 16 heavy (non-hydrogen) atoms. The van der Waals surface area contributed by atoms with Crippen molar-refractivity contribution in [1.29, 1.82) is 0 Å². The van der Waals surface area contributed by atoms with E-state index in [9.17, 15) is 4.79 Å². The Hall–Kier alpha value is -0.220. The molecule has 1 rings (SSSR count). The van der Waals surface area contributed by atoms with Crippen molar-refractivity contribution in [2.45, 2.75) is 6.42 Å². The van der Waals surface area contributed by atoms with Crippen LogP contribution < -0.4 is 0 Å². The van der Waals surface area contributed by atoms with E-state index in [0.29, 0.717) is 27.8 Å². The number of halogens is 2. The molecule has 0 aliphatic heterocycles. The SMILES string of the molecule is O=C(CSCCCO)c1cc(Cl)ccc1Cl. The minimum absolute atomic E-state index is 0.0320. The van der Waals surface area contributed by atoms with Crippen molar-refractivity contribution in [3.63, 3.8) is 0 Å². The predicted octanol–water partition coefficient (Wildman–Crippen LogP) is 3.29. The maximum absolute atomic E-state index is 11.8. The van der Waals surface area contributed by atoms with Gasteiger partial charge >= 0.3 is 0 Å². The smallest absolute Gasteiger partial charge is 0.174 e. The van der Waals surface area contributed by atoms with Gasteiger partial charge in [-0.3, -0.25) is 4.79 Å². The van der Waals surface area contributed by atoms with Crippen LogP contribution in [0.25, 0.3) is 0 Å². The first-order valence-corrected chi connectivity index (χ1v) is 6.73. The standard InChI is InChI=1S/C11H12Cl2O2S/c12-8-2-3-10(13)9(6-8)11(15)7-16-5-1-4-14/h2-3,6,14H,1,4-5,7H2. The van der Waals surface area contributed by atoms with Gasteiger partial charge in [0.15, 0.2) is 5.78 Å². The lowest BCUT2D eigenvalue weighted by molar-refractivity contribution is 0.102. The molecule has 5 heteroatoms. The summed E-state index contributed by atoms with van der Waals surface area (Å²) in [4.78, 5) is 11.8. The summed E-state index contributed by atoms with van der Waals surface area (Å²) in [7, 11) is 0. The summed E-state index contributed by atoms with van der Waals surface area (Å²) in [6.45, 7) is 0.152. The van der Waals surface area contributed by atoms with Gasteiger partial charge in [-0.15, -0.1) is 0 Å². The zero-order valence-corrected chi connectivity index (χ0v) is 10.9. The van der Waals surface area contributed by atoms with Crippen LogP contribution in [0.1, 0.15) is 16.8 Å². The Labute approximate surface area is 109 Å². The van der Waals surface area contributed by atoms with Crippen LogP contribution in [0.5, 0.6) is 0 Å². The number of hydrogen-bond acceptors (Lipinski definition) is 3. The van der Waals surface area contributed by atoms with Crippen LogP contribution in [0.2, 0.25) is 10.0 Å². The van der Waals surface area contributed by atoms with Gasteiger partial charge in [-0.2, -0.15) is 11.8 Å². The third-order valence-electron chi connectivity index (χ3n) is 1.91. The molecule has 0 aliphatic rings. The van der Waals surface area contributed by atoms with Crippen molar-refractivity contribution in [2.24, 2.45) is 0 Å². The molecule has 1 aromatic rings. The third-order valence-corrected chi connectivity index (χ3v) is 3.52. The Kier molecular flexibility index (Phi) is 6.21. The monoisotopic (exact) mass is 278 g/mol. The fourth-order valence-corrected chi connectivity index (χ4v) is 2.33. The zero-order valence-electron chi connectivity index (χ0n) is 8.58. The molecule has 1 N–H and O–H groups in total. The highest BCUT2D eigenvalue weighted by Crippen LogP contribution is 2.22. The normalized spacial score (nSPS) is 10.4. The van der Waals surface area contributed by atoms with E-state index in [-0.39, 0.29) is 12.4 Å². The van der Waals surface area contributed by atoms with Crippen LogP contribution in [0.15, 0.2) is 18.2 Å². The largest absolute Gasteiger partial charge is 0.396 e. The van der Waals surface area contributed by atoms with Gasteiger partial charge in [-0.25, -0.2) is 0 Å². The first-order chi connectivity index (χ1) is 7.65. The number of carbonyl (C=O) groups excluding carboxylic acids is 1. The first kappa shape index (κ1) is 13.8. The van der Waals surface area contributed by atoms with E-state index in [1.807, 2.05) is 0 Å². The van der Waals surface area contributed by atoms with Gasteiger partial charge in [-0.05, 0) is 30.4 Å². The van der Waals surface area contributed by atoms with E-state index in [2.05, 4.69) is 0 Å². The highest BCUT2D eigenvalue weighted by Gasteiger charge is 2.10. The van der Waals surface area contributed by atoms with E-state index in [0.717, 1.165) is 5.75 Å². The van der Waals surface area contributed by atoms with E-state index in [1.165, 1.54) is 11.8 Å². The van der Waals surface area contributed by atoms with Gasteiger partial charge in [0.05, 0.1) is 10.8 Å². The molecule has 0 saturated carbocycles. The molecule has 1 aromatic carbocycles. The quantitative estimate of drug-likeness (QED) is 0.641. The van der Waals surface area contributed by atoms with Crippen molar-refractivity contribution < 1.29 is 9.90 Å².